The third kappa shape index (κ3) is 1.10. The Hall–Kier alpha value is -2.32. The van der Waals surface area contributed by atoms with Crippen LogP contribution in [0.4, 0.5) is 0 Å². The summed E-state index contributed by atoms with van der Waals surface area (Å²) < 4.78 is 0. The van der Waals surface area contributed by atoms with Crippen molar-refractivity contribution in [3.63, 3.8) is 0 Å². The Morgan fingerprint density at radius 3 is 2.58 bits per heavy atom. The molecule has 0 amide bonds. The molecule has 0 aromatic carbocycles. The molecular weight excluding hydrogens is 162 g/mol. The van der Waals surface area contributed by atoms with E-state index in [9.17, 15) is 10.1 Å². The van der Waals surface area contributed by atoms with Crippen LogP contribution in [0.1, 0.15) is 0 Å². The molecule has 0 aromatic heterocycles. The first-order valence-corrected chi connectivity index (χ1v) is 2.71. The average Bonchev–Trinajstić information content (AvgIpc) is 2.46. The molecule has 1 aliphatic heterocycles. The van der Waals surface area contributed by atoms with Crippen molar-refractivity contribution in [2.45, 2.75) is 0 Å². The smallest absolute Gasteiger partial charge is 0.390 e. The monoisotopic (exact) mass is 163 g/mol. The minimum Gasteiger partial charge on any atom is -0.390 e. The molecule has 0 atom stereocenters. The van der Waals surface area contributed by atoms with Crippen LogP contribution in [0, 0.1) is 26.9 Å². The van der Waals surface area contributed by atoms with Crippen molar-refractivity contribution in [3.05, 3.63) is 15.8 Å². The van der Waals surface area contributed by atoms with Gasteiger partial charge in [0.15, 0.2) is 0 Å². The number of guanidine groups is 1. The summed E-state index contributed by atoms with van der Waals surface area (Å²) in [4.78, 5) is 15.8. The van der Waals surface area contributed by atoms with E-state index in [-0.39, 0.29) is 11.4 Å². The first-order valence-electron chi connectivity index (χ1n) is 2.71. The zero-order valence-electron chi connectivity index (χ0n) is 5.61. The van der Waals surface area contributed by atoms with E-state index in [1.54, 1.807) is 11.9 Å². The van der Waals surface area contributed by atoms with Gasteiger partial charge in [0.25, 0.3) is 11.4 Å². The van der Waals surface area contributed by atoms with E-state index in [2.05, 4.69) is 9.98 Å². The number of nitro groups is 1. The summed E-state index contributed by atoms with van der Waals surface area (Å²) in [5.41, 5.74) is -0.457. The second-order valence-electron chi connectivity index (χ2n) is 1.71. The highest BCUT2D eigenvalue weighted by atomic mass is 16.6. The molecule has 12 heavy (non-hydrogen) atoms. The number of allylic oxidation sites excluding steroid dienone is 1. The summed E-state index contributed by atoms with van der Waals surface area (Å²) in [6.07, 6.45) is 0. The van der Waals surface area contributed by atoms with Crippen LogP contribution in [-0.4, -0.2) is 22.5 Å². The Morgan fingerprint density at radius 2 is 2.25 bits per heavy atom. The molecule has 0 spiro atoms. The lowest BCUT2D eigenvalue weighted by Crippen LogP contribution is -2.05. The molecule has 1 heterocycles. The highest BCUT2D eigenvalue weighted by Crippen LogP contribution is 2.06. The average molecular weight is 163 g/mol. The van der Waals surface area contributed by atoms with Crippen molar-refractivity contribution in [2.24, 2.45) is 9.98 Å². The Morgan fingerprint density at radius 1 is 1.58 bits per heavy atom. The largest absolute Gasteiger partial charge is 0.471 e. The predicted molar refractivity (Wildman–Crippen MR) is 38.7 cm³/mol. The summed E-state index contributed by atoms with van der Waals surface area (Å²) in [5.74, 6) is 1.09. The fourth-order valence-electron chi connectivity index (χ4n) is 0.578. The summed E-state index contributed by atoms with van der Waals surface area (Å²) >= 11 is 0. The molecule has 7 nitrogen and oxygen atoms in total. The maximum atomic E-state index is 10.1. The number of nitriles is 1. The SMILES string of the molecule is N#CC1=NC([N+](=O)[O-])=NC1=C=N. The number of hydrogen-bond acceptors (Lipinski definition) is 6. The second-order valence-corrected chi connectivity index (χ2v) is 1.71. The van der Waals surface area contributed by atoms with E-state index in [0.29, 0.717) is 0 Å². The van der Waals surface area contributed by atoms with Crippen LogP contribution in [0.15, 0.2) is 15.7 Å². The maximum absolute atomic E-state index is 10.1. The lowest BCUT2D eigenvalue weighted by atomic mass is 10.3. The molecule has 0 saturated carbocycles. The molecule has 0 unspecified atom stereocenters. The van der Waals surface area contributed by atoms with Crippen molar-refractivity contribution in [1.82, 2.24) is 0 Å². The molecule has 0 fully saturated rings. The van der Waals surface area contributed by atoms with Crippen LogP contribution in [-0.2, 0) is 0 Å². The lowest BCUT2D eigenvalue weighted by Gasteiger charge is -1.83. The third-order valence-corrected chi connectivity index (χ3v) is 1.04. The summed E-state index contributed by atoms with van der Waals surface area (Å²) in [7, 11) is 0. The first kappa shape index (κ1) is 7.78. The molecule has 1 rings (SSSR count). The quantitative estimate of drug-likeness (QED) is 0.301. The van der Waals surface area contributed by atoms with Gasteiger partial charge in [-0.25, -0.2) is 0 Å². The van der Waals surface area contributed by atoms with Gasteiger partial charge in [-0.2, -0.15) is 5.26 Å². The predicted octanol–water partition coefficient (Wildman–Crippen LogP) is -0.270. The van der Waals surface area contributed by atoms with E-state index in [1.807, 2.05) is 0 Å². The van der Waals surface area contributed by atoms with Gasteiger partial charge in [0.2, 0.25) is 0 Å². The zero-order chi connectivity index (χ0) is 9.14. The zero-order valence-corrected chi connectivity index (χ0v) is 5.61. The maximum Gasteiger partial charge on any atom is 0.471 e. The van der Waals surface area contributed by atoms with Gasteiger partial charge in [0.05, 0.1) is 0 Å². The lowest BCUT2D eigenvalue weighted by molar-refractivity contribution is -0.351. The van der Waals surface area contributed by atoms with Gasteiger partial charge in [-0.1, -0.05) is 4.99 Å². The van der Waals surface area contributed by atoms with Crippen LogP contribution in [0.25, 0.3) is 0 Å². The molecule has 0 aromatic rings. The number of aliphatic imine (C=N–C) groups is 2. The van der Waals surface area contributed by atoms with E-state index in [0.717, 1.165) is 0 Å². The van der Waals surface area contributed by atoms with Crippen LogP contribution in [0.5, 0.6) is 0 Å². The van der Waals surface area contributed by atoms with Gasteiger partial charge in [-0.3, -0.25) is 5.41 Å². The Labute approximate surface area is 66.0 Å². The molecule has 7 heteroatoms. The first-order chi connectivity index (χ1) is 5.69. The summed E-state index contributed by atoms with van der Waals surface area (Å²) in [6.45, 7) is 0. The normalized spacial score (nSPS) is 14.4. The van der Waals surface area contributed by atoms with Gasteiger partial charge in [0.1, 0.15) is 6.07 Å². The fraction of sp³-hybridized carbons (Fsp3) is 0. The van der Waals surface area contributed by atoms with Crippen LogP contribution < -0.4 is 0 Å². The van der Waals surface area contributed by atoms with Gasteiger partial charge >= 0.3 is 5.96 Å². The van der Waals surface area contributed by atoms with Crippen molar-refractivity contribution >= 4 is 17.5 Å². The standard InChI is InChI=1S/C5HN5O2/c6-1-3-4(2-7)9-5(8-3)10(11)12/h6H. The van der Waals surface area contributed by atoms with Crippen molar-refractivity contribution in [2.75, 3.05) is 0 Å². The number of nitrogens with one attached hydrogen (secondary N) is 1. The molecule has 1 aliphatic rings. The Balaban J connectivity index is 3.18. The highest BCUT2D eigenvalue weighted by molar-refractivity contribution is 6.22. The second kappa shape index (κ2) is 2.74. The summed E-state index contributed by atoms with van der Waals surface area (Å²) in [6, 6.07) is 1.56. The van der Waals surface area contributed by atoms with E-state index in [4.69, 9.17) is 10.7 Å². The third-order valence-electron chi connectivity index (χ3n) is 1.04. The van der Waals surface area contributed by atoms with Crippen molar-refractivity contribution in [1.29, 1.82) is 10.7 Å². The number of nitrogens with zero attached hydrogens (tertiary/aromatic N) is 4. The molecule has 0 aliphatic carbocycles. The highest BCUT2D eigenvalue weighted by Gasteiger charge is 2.28. The Bertz CT molecular complexity index is 393. The van der Waals surface area contributed by atoms with Crippen molar-refractivity contribution in [3.8, 4) is 6.07 Å². The number of hydrogen-bond donors (Lipinski definition) is 1. The van der Waals surface area contributed by atoms with E-state index in [1.165, 1.54) is 0 Å². The molecular formula is C5HN5O2. The van der Waals surface area contributed by atoms with E-state index >= 15 is 0 Å². The molecule has 1 N–H and O–H groups in total. The minimum atomic E-state index is -0.832. The fourth-order valence-corrected chi connectivity index (χ4v) is 0.578. The number of rotatable bonds is 0. The van der Waals surface area contributed by atoms with Crippen LogP contribution >= 0.6 is 0 Å². The molecule has 0 saturated heterocycles. The van der Waals surface area contributed by atoms with E-state index < -0.39 is 10.9 Å². The van der Waals surface area contributed by atoms with Gasteiger partial charge < -0.3 is 10.1 Å². The molecule has 0 radical (unpaired) electrons. The van der Waals surface area contributed by atoms with Gasteiger partial charge in [0, 0.05) is 5.87 Å². The van der Waals surface area contributed by atoms with Crippen molar-refractivity contribution < 1.29 is 4.92 Å². The van der Waals surface area contributed by atoms with Gasteiger partial charge in [-0.15, -0.1) is 0 Å². The topological polar surface area (TPSA) is 116 Å². The minimum absolute atomic E-state index is 0.204. The van der Waals surface area contributed by atoms with Gasteiger partial charge in [-0.05, 0) is 9.92 Å². The Kier molecular flexibility index (Phi) is 1.77. The summed E-state index contributed by atoms with van der Waals surface area (Å²) in [5, 5.41) is 25.0. The molecule has 0 bridgehead atoms. The van der Waals surface area contributed by atoms with Crippen LogP contribution in [0.3, 0.4) is 0 Å². The molecule has 58 valence electrons. The van der Waals surface area contributed by atoms with Crippen LogP contribution in [0.2, 0.25) is 0 Å².